The van der Waals surface area contributed by atoms with Crippen LogP contribution in [0.1, 0.15) is 29.5 Å². The first-order chi connectivity index (χ1) is 8.54. The minimum Gasteiger partial charge on any atom is -0.480 e. The Bertz CT molecular complexity index is 467. The normalized spacial score (nSPS) is 23.3. The molecule has 98 valence electrons. The van der Waals surface area contributed by atoms with Crippen molar-refractivity contribution in [2.24, 2.45) is 0 Å². The Balaban J connectivity index is 2.25. The van der Waals surface area contributed by atoms with Gasteiger partial charge < -0.3 is 19.5 Å². The lowest BCUT2D eigenvalue weighted by Crippen LogP contribution is -2.40. The molecule has 1 aliphatic heterocycles. The van der Waals surface area contributed by atoms with Gasteiger partial charge in [0.2, 0.25) is 0 Å². The van der Waals surface area contributed by atoms with Crippen LogP contribution >= 0.6 is 0 Å². The van der Waals surface area contributed by atoms with E-state index in [0.29, 0.717) is 17.7 Å². The molecule has 1 fully saturated rings. The minimum absolute atomic E-state index is 0.0458. The molecule has 2 heterocycles. The summed E-state index contributed by atoms with van der Waals surface area (Å²) in [7, 11) is 0. The zero-order chi connectivity index (χ0) is 13.3. The average Bonchev–Trinajstić information content (AvgIpc) is 2.93. The molecule has 1 aromatic heterocycles. The van der Waals surface area contributed by atoms with Gasteiger partial charge in [0.05, 0.1) is 17.9 Å². The van der Waals surface area contributed by atoms with E-state index in [1.165, 1.54) is 17.2 Å². The Morgan fingerprint density at radius 2 is 2.28 bits per heavy atom. The Labute approximate surface area is 104 Å². The second-order valence-corrected chi connectivity index (χ2v) is 4.31. The maximum absolute atomic E-state index is 12.2. The molecule has 18 heavy (non-hydrogen) atoms. The Kier molecular flexibility index (Phi) is 3.38. The zero-order valence-corrected chi connectivity index (χ0v) is 10.00. The van der Waals surface area contributed by atoms with Gasteiger partial charge in [0.15, 0.2) is 0 Å². The maximum Gasteiger partial charge on any atom is 0.326 e. The molecule has 2 rings (SSSR count). The second-order valence-electron chi connectivity index (χ2n) is 4.31. The monoisotopic (exact) mass is 253 g/mol. The highest BCUT2D eigenvalue weighted by atomic mass is 16.4. The highest BCUT2D eigenvalue weighted by Crippen LogP contribution is 2.23. The van der Waals surface area contributed by atoms with Crippen molar-refractivity contribution in [3.8, 4) is 0 Å². The van der Waals surface area contributed by atoms with Crippen LogP contribution in [0.3, 0.4) is 0 Å². The van der Waals surface area contributed by atoms with Crippen LogP contribution < -0.4 is 0 Å². The van der Waals surface area contributed by atoms with E-state index in [2.05, 4.69) is 0 Å². The van der Waals surface area contributed by atoms with E-state index in [0.717, 1.165) is 0 Å². The maximum atomic E-state index is 12.2. The van der Waals surface area contributed by atoms with Gasteiger partial charge in [-0.2, -0.15) is 0 Å². The number of hydrogen-bond acceptors (Lipinski definition) is 4. The molecule has 0 spiro atoms. The molecule has 0 unspecified atom stereocenters. The van der Waals surface area contributed by atoms with Crippen LogP contribution in [-0.2, 0) is 11.2 Å². The first-order valence-electron chi connectivity index (χ1n) is 5.82. The number of likely N-dealkylation sites (tertiary alicyclic amines) is 1. The first kappa shape index (κ1) is 12.6. The molecule has 6 heteroatoms. The quantitative estimate of drug-likeness (QED) is 0.818. The number of aliphatic carboxylic acids is 1. The van der Waals surface area contributed by atoms with Gasteiger partial charge in [-0.05, 0) is 6.07 Å². The largest absolute Gasteiger partial charge is 0.480 e. The van der Waals surface area contributed by atoms with Crippen LogP contribution in [0, 0.1) is 0 Å². The molecule has 1 aromatic rings. The highest BCUT2D eigenvalue weighted by molar-refractivity contribution is 5.97. The van der Waals surface area contributed by atoms with E-state index in [4.69, 9.17) is 9.52 Å². The molecule has 0 radical (unpaired) electrons. The molecular formula is C12H15NO5. The molecule has 1 amide bonds. The van der Waals surface area contributed by atoms with E-state index in [1.54, 1.807) is 0 Å². The number of hydrogen-bond donors (Lipinski definition) is 2. The number of aliphatic hydroxyl groups excluding tert-OH is 1. The van der Waals surface area contributed by atoms with E-state index < -0.39 is 24.0 Å². The van der Waals surface area contributed by atoms with Crippen LogP contribution in [0.2, 0.25) is 0 Å². The van der Waals surface area contributed by atoms with Gasteiger partial charge in [-0.3, -0.25) is 4.79 Å². The van der Waals surface area contributed by atoms with Gasteiger partial charge in [0.25, 0.3) is 5.91 Å². The van der Waals surface area contributed by atoms with Gasteiger partial charge in [-0.25, -0.2) is 4.79 Å². The van der Waals surface area contributed by atoms with Crippen LogP contribution in [0.25, 0.3) is 0 Å². The summed E-state index contributed by atoms with van der Waals surface area (Å²) in [6.45, 7) is 1.90. The molecule has 1 aliphatic rings. The summed E-state index contributed by atoms with van der Waals surface area (Å²) in [4.78, 5) is 24.5. The number of aryl methyl sites for hydroxylation is 1. The summed E-state index contributed by atoms with van der Waals surface area (Å²) in [5.74, 6) is -0.962. The van der Waals surface area contributed by atoms with Gasteiger partial charge in [0, 0.05) is 19.4 Å². The molecular weight excluding hydrogens is 238 g/mol. The second kappa shape index (κ2) is 4.81. The van der Waals surface area contributed by atoms with Crippen molar-refractivity contribution in [3.05, 3.63) is 23.7 Å². The van der Waals surface area contributed by atoms with Crippen LogP contribution in [0.15, 0.2) is 16.7 Å². The van der Waals surface area contributed by atoms with Crippen molar-refractivity contribution in [1.82, 2.24) is 4.90 Å². The number of nitrogens with zero attached hydrogens (tertiary/aromatic N) is 1. The zero-order valence-electron chi connectivity index (χ0n) is 10.00. The number of carbonyl (C=O) groups is 2. The Morgan fingerprint density at radius 3 is 2.89 bits per heavy atom. The van der Waals surface area contributed by atoms with Crippen molar-refractivity contribution >= 4 is 11.9 Å². The predicted octanol–water partition coefficient (Wildman–Crippen LogP) is 0.502. The number of amides is 1. The van der Waals surface area contributed by atoms with E-state index in [9.17, 15) is 14.7 Å². The summed E-state index contributed by atoms with van der Waals surface area (Å²) in [5.41, 5.74) is 0.373. The standard InChI is InChI=1S/C12H15NO5/c1-2-10-8(3-4-18-10)11(15)13-6-7(14)5-9(13)12(16)17/h3-4,7,9,14H,2,5-6H2,1H3,(H,16,17)/t7-,9+/m1/s1. The van der Waals surface area contributed by atoms with Crippen LogP contribution in [0.4, 0.5) is 0 Å². The van der Waals surface area contributed by atoms with Crippen molar-refractivity contribution < 1.29 is 24.2 Å². The Hall–Kier alpha value is -1.82. The molecule has 2 N–H and O–H groups in total. The summed E-state index contributed by atoms with van der Waals surface area (Å²) < 4.78 is 5.16. The summed E-state index contributed by atoms with van der Waals surface area (Å²) in [6.07, 6.45) is 1.25. The number of aliphatic hydroxyl groups is 1. The van der Waals surface area contributed by atoms with Gasteiger partial charge in [0.1, 0.15) is 11.8 Å². The topological polar surface area (TPSA) is 91.0 Å². The summed E-state index contributed by atoms with van der Waals surface area (Å²) >= 11 is 0. The fraction of sp³-hybridized carbons (Fsp3) is 0.500. The SMILES string of the molecule is CCc1occc1C(=O)N1C[C@H](O)C[C@H]1C(=O)O. The highest BCUT2D eigenvalue weighted by Gasteiger charge is 2.39. The van der Waals surface area contributed by atoms with Crippen LogP contribution in [-0.4, -0.2) is 45.7 Å². The number of carboxylic acid groups (broad SMARTS) is 1. The minimum atomic E-state index is -1.10. The Morgan fingerprint density at radius 1 is 1.56 bits per heavy atom. The lowest BCUT2D eigenvalue weighted by molar-refractivity contribution is -0.141. The number of rotatable bonds is 3. The van der Waals surface area contributed by atoms with E-state index >= 15 is 0 Å². The van der Waals surface area contributed by atoms with Crippen molar-refractivity contribution in [1.29, 1.82) is 0 Å². The smallest absolute Gasteiger partial charge is 0.326 e. The van der Waals surface area contributed by atoms with Crippen LogP contribution in [0.5, 0.6) is 0 Å². The molecule has 2 atom stereocenters. The molecule has 1 saturated heterocycles. The molecule has 6 nitrogen and oxygen atoms in total. The average molecular weight is 253 g/mol. The first-order valence-corrected chi connectivity index (χ1v) is 5.82. The van der Waals surface area contributed by atoms with E-state index in [1.807, 2.05) is 6.92 Å². The van der Waals surface area contributed by atoms with Gasteiger partial charge in [-0.15, -0.1) is 0 Å². The fourth-order valence-electron chi connectivity index (χ4n) is 2.23. The van der Waals surface area contributed by atoms with Gasteiger partial charge in [-0.1, -0.05) is 6.92 Å². The third kappa shape index (κ3) is 2.11. The third-order valence-corrected chi connectivity index (χ3v) is 3.12. The predicted molar refractivity (Wildman–Crippen MR) is 61.2 cm³/mol. The molecule has 0 aromatic carbocycles. The lowest BCUT2D eigenvalue weighted by Gasteiger charge is -2.20. The fourth-order valence-corrected chi connectivity index (χ4v) is 2.23. The molecule has 0 aliphatic carbocycles. The summed E-state index contributed by atoms with van der Waals surface area (Å²) in [6, 6.07) is 0.567. The van der Waals surface area contributed by atoms with Gasteiger partial charge >= 0.3 is 5.97 Å². The number of β-amino-alcohol motifs (C(OH)–C–C–N with tert-alkyl or cyclic N) is 1. The molecule has 0 saturated carbocycles. The van der Waals surface area contributed by atoms with Crippen molar-refractivity contribution in [3.63, 3.8) is 0 Å². The van der Waals surface area contributed by atoms with Crippen molar-refractivity contribution in [2.75, 3.05) is 6.54 Å². The third-order valence-electron chi connectivity index (χ3n) is 3.12. The van der Waals surface area contributed by atoms with E-state index in [-0.39, 0.29) is 13.0 Å². The molecule has 0 bridgehead atoms. The number of carbonyl (C=O) groups excluding carboxylic acids is 1. The number of furan rings is 1. The number of carboxylic acids is 1. The summed E-state index contributed by atoms with van der Waals surface area (Å²) in [5, 5.41) is 18.6. The van der Waals surface area contributed by atoms with Crippen molar-refractivity contribution in [2.45, 2.75) is 31.9 Å². The lowest BCUT2D eigenvalue weighted by atomic mass is 10.1.